The minimum absolute atomic E-state index is 0.702. The number of thiol groups is 2. The lowest BCUT2D eigenvalue weighted by atomic mass is 9.76. The highest BCUT2D eigenvalue weighted by Crippen LogP contribution is 2.47. The molecule has 0 fully saturated rings. The van der Waals surface area contributed by atoms with Crippen LogP contribution in [0.5, 0.6) is 0 Å². The Bertz CT molecular complexity index is 446. The quantitative estimate of drug-likeness (QED) is 0.622. The SMILES string of the molecule is SC1=C(S)c2cccc3c2C(CCC3)C1. The summed E-state index contributed by atoms with van der Waals surface area (Å²) in [6.07, 6.45) is 4.97. The molecule has 2 aliphatic rings. The third kappa shape index (κ3) is 1.46. The predicted molar refractivity (Wildman–Crippen MR) is 71.6 cm³/mol. The first-order valence-corrected chi connectivity index (χ1v) is 6.40. The zero-order valence-electron chi connectivity index (χ0n) is 8.53. The van der Waals surface area contributed by atoms with Crippen LogP contribution in [0.4, 0.5) is 0 Å². The molecule has 1 unspecified atom stereocenters. The predicted octanol–water partition coefficient (Wildman–Crippen LogP) is 4.04. The Kier molecular flexibility index (Phi) is 2.37. The fraction of sp³-hybridized carbons (Fsp3) is 0.385. The summed E-state index contributed by atoms with van der Waals surface area (Å²) >= 11 is 9.15. The summed E-state index contributed by atoms with van der Waals surface area (Å²) in [6, 6.07) is 6.61. The molecule has 1 atom stereocenters. The Labute approximate surface area is 102 Å². The fourth-order valence-electron chi connectivity index (χ4n) is 2.89. The van der Waals surface area contributed by atoms with Crippen molar-refractivity contribution in [2.24, 2.45) is 0 Å². The highest BCUT2D eigenvalue weighted by Gasteiger charge is 2.28. The molecule has 1 aromatic carbocycles. The van der Waals surface area contributed by atoms with Gasteiger partial charge in [0.15, 0.2) is 0 Å². The Morgan fingerprint density at radius 2 is 2.07 bits per heavy atom. The zero-order chi connectivity index (χ0) is 10.4. The van der Waals surface area contributed by atoms with Crippen molar-refractivity contribution in [3.63, 3.8) is 0 Å². The molecule has 0 aromatic heterocycles. The van der Waals surface area contributed by atoms with Crippen LogP contribution in [0.3, 0.4) is 0 Å². The van der Waals surface area contributed by atoms with Gasteiger partial charge in [-0.3, -0.25) is 0 Å². The Morgan fingerprint density at radius 1 is 1.20 bits per heavy atom. The number of aryl methyl sites for hydroxylation is 1. The van der Waals surface area contributed by atoms with Gasteiger partial charge in [0.1, 0.15) is 0 Å². The van der Waals surface area contributed by atoms with Crippen molar-refractivity contribution in [1.29, 1.82) is 0 Å². The van der Waals surface area contributed by atoms with Gasteiger partial charge in [-0.05, 0) is 53.2 Å². The first-order valence-electron chi connectivity index (χ1n) is 5.50. The standard InChI is InChI=1S/C13H14S2/c14-11-7-9-5-1-3-8-4-2-6-10(12(8)9)13(11)15/h2,4,6,9,14-15H,1,3,5,7H2. The molecule has 0 saturated carbocycles. The van der Waals surface area contributed by atoms with Crippen molar-refractivity contribution in [2.45, 2.75) is 31.6 Å². The van der Waals surface area contributed by atoms with Crippen molar-refractivity contribution in [3.05, 3.63) is 39.8 Å². The van der Waals surface area contributed by atoms with E-state index in [2.05, 4.69) is 43.5 Å². The van der Waals surface area contributed by atoms with E-state index >= 15 is 0 Å². The Balaban J connectivity index is 2.27. The summed E-state index contributed by atoms with van der Waals surface area (Å²) in [4.78, 5) is 2.25. The highest BCUT2D eigenvalue weighted by atomic mass is 32.1. The van der Waals surface area contributed by atoms with Crippen LogP contribution in [-0.4, -0.2) is 0 Å². The molecule has 0 bridgehead atoms. The normalized spacial score (nSPS) is 24.0. The minimum atomic E-state index is 0.702. The van der Waals surface area contributed by atoms with Gasteiger partial charge in [-0.15, -0.1) is 25.3 Å². The summed E-state index contributed by atoms with van der Waals surface area (Å²) in [7, 11) is 0. The maximum absolute atomic E-state index is 4.59. The van der Waals surface area contributed by atoms with Gasteiger partial charge < -0.3 is 0 Å². The number of hydrogen-bond donors (Lipinski definition) is 2. The van der Waals surface area contributed by atoms with Gasteiger partial charge in [-0.1, -0.05) is 18.2 Å². The van der Waals surface area contributed by atoms with Crippen molar-refractivity contribution >= 4 is 30.2 Å². The van der Waals surface area contributed by atoms with Crippen molar-refractivity contribution in [1.82, 2.24) is 0 Å². The van der Waals surface area contributed by atoms with E-state index in [0.29, 0.717) is 5.92 Å². The third-order valence-electron chi connectivity index (χ3n) is 3.57. The third-order valence-corrected chi connectivity index (χ3v) is 4.66. The van der Waals surface area contributed by atoms with Gasteiger partial charge in [0.2, 0.25) is 0 Å². The molecule has 2 heteroatoms. The van der Waals surface area contributed by atoms with Gasteiger partial charge in [-0.25, -0.2) is 0 Å². The van der Waals surface area contributed by atoms with Crippen molar-refractivity contribution in [2.75, 3.05) is 0 Å². The summed E-state index contributed by atoms with van der Waals surface area (Å²) in [5.74, 6) is 0.702. The molecular formula is C13H14S2. The molecule has 0 nitrogen and oxygen atoms in total. The summed E-state index contributed by atoms with van der Waals surface area (Å²) in [5.41, 5.74) is 4.43. The molecule has 3 rings (SSSR count). The number of hydrogen-bond acceptors (Lipinski definition) is 2. The number of benzene rings is 1. The second kappa shape index (κ2) is 3.60. The monoisotopic (exact) mass is 234 g/mol. The van der Waals surface area contributed by atoms with Crippen LogP contribution < -0.4 is 0 Å². The zero-order valence-corrected chi connectivity index (χ0v) is 10.3. The molecule has 2 aliphatic carbocycles. The summed E-state index contributed by atoms with van der Waals surface area (Å²) < 4.78 is 0. The topological polar surface area (TPSA) is 0 Å². The lowest BCUT2D eigenvalue weighted by Crippen LogP contribution is -2.15. The van der Waals surface area contributed by atoms with E-state index in [1.54, 1.807) is 5.56 Å². The minimum Gasteiger partial charge on any atom is -0.147 e. The van der Waals surface area contributed by atoms with Crippen LogP contribution in [0.25, 0.3) is 4.91 Å². The van der Waals surface area contributed by atoms with E-state index in [9.17, 15) is 0 Å². The molecule has 0 radical (unpaired) electrons. The van der Waals surface area contributed by atoms with Crippen LogP contribution in [-0.2, 0) is 6.42 Å². The van der Waals surface area contributed by atoms with Gasteiger partial charge >= 0.3 is 0 Å². The van der Waals surface area contributed by atoms with E-state index in [0.717, 1.165) is 16.2 Å². The van der Waals surface area contributed by atoms with E-state index in [4.69, 9.17) is 0 Å². The maximum atomic E-state index is 4.59. The van der Waals surface area contributed by atoms with Crippen LogP contribution in [0.15, 0.2) is 23.1 Å². The van der Waals surface area contributed by atoms with Gasteiger partial charge in [0.25, 0.3) is 0 Å². The average molecular weight is 234 g/mol. The molecular weight excluding hydrogens is 220 g/mol. The van der Waals surface area contributed by atoms with Crippen LogP contribution in [0, 0.1) is 0 Å². The van der Waals surface area contributed by atoms with Crippen LogP contribution in [0.1, 0.15) is 41.9 Å². The lowest BCUT2D eigenvalue weighted by Gasteiger charge is -2.32. The van der Waals surface area contributed by atoms with E-state index in [1.165, 1.54) is 30.4 Å². The molecule has 15 heavy (non-hydrogen) atoms. The Morgan fingerprint density at radius 3 is 2.93 bits per heavy atom. The second-order valence-electron chi connectivity index (χ2n) is 4.47. The van der Waals surface area contributed by atoms with E-state index in [-0.39, 0.29) is 0 Å². The molecule has 0 aliphatic heterocycles. The van der Waals surface area contributed by atoms with Crippen molar-refractivity contribution in [3.8, 4) is 0 Å². The molecule has 0 saturated heterocycles. The van der Waals surface area contributed by atoms with Gasteiger partial charge in [0, 0.05) is 4.91 Å². The molecule has 1 aromatic rings. The number of rotatable bonds is 0. The molecule has 0 heterocycles. The van der Waals surface area contributed by atoms with Crippen LogP contribution >= 0.6 is 25.3 Å². The lowest BCUT2D eigenvalue weighted by molar-refractivity contribution is 0.551. The van der Waals surface area contributed by atoms with Gasteiger partial charge in [0.05, 0.1) is 0 Å². The fourth-order valence-corrected chi connectivity index (χ4v) is 3.52. The molecule has 0 spiro atoms. The van der Waals surface area contributed by atoms with Crippen LogP contribution in [0.2, 0.25) is 0 Å². The highest BCUT2D eigenvalue weighted by molar-refractivity contribution is 7.93. The summed E-state index contributed by atoms with van der Waals surface area (Å²) in [6.45, 7) is 0. The first kappa shape index (κ1) is 9.86. The second-order valence-corrected chi connectivity index (χ2v) is 5.45. The molecule has 0 amide bonds. The maximum Gasteiger partial charge on any atom is 0.0209 e. The van der Waals surface area contributed by atoms with Crippen molar-refractivity contribution < 1.29 is 0 Å². The Hall–Kier alpha value is -0.340. The number of allylic oxidation sites excluding steroid dienone is 1. The average Bonchev–Trinajstić information content (AvgIpc) is 2.26. The summed E-state index contributed by atoms with van der Waals surface area (Å²) in [5, 5.41) is 0. The smallest absolute Gasteiger partial charge is 0.0209 e. The van der Waals surface area contributed by atoms with E-state index < -0.39 is 0 Å². The first-order chi connectivity index (χ1) is 7.27. The largest absolute Gasteiger partial charge is 0.147 e. The van der Waals surface area contributed by atoms with Gasteiger partial charge in [-0.2, -0.15) is 0 Å². The van der Waals surface area contributed by atoms with E-state index in [1.807, 2.05) is 0 Å². The molecule has 78 valence electrons. The molecule has 0 N–H and O–H groups in total.